The number of hydrogen-bond acceptors (Lipinski definition) is 4. The quantitative estimate of drug-likeness (QED) is 0.597. The molecule has 16 heavy (non-hydrogen) atoms. The first-order valence-electron chi connectivity index (χ1n) is 4.14. The minimum atomic E-state index is -4.93. The Bertz CT molecular complexity index is 510. The highest BCUT2D eigenvalue weighted by molar-refractivity contribution is 7.86. The smallest absolute Gasteiger partial charge is 0.332 e. The van der Waals surface area contributed by atoms with Crippen LogP contribution in [0.3, 0.4) is 0 Å². The van der Waals surface area contributed by atoms with E-state index in [0.717, 1.165) is 19.2 Å². The van der Waals surface area contributed by atoms with Crippen LogP contribution in [-0.2, 0) is 26.2 Å². The maximum absolute atomic E-state index is 13.2. The number of carbonyl (C=O) groups excluding carboxylic acids is 1. The third kappa shape index (κ3) is 2.99. The number of halogens is 2. The highest BCUT2D eigenvalue weighted by Crippen LogP contribution is 2.17. The van der Waals surface area contributed by atoms with E-state index in [9.17, 15) is 21.5 Å². The molecule has 0 aromatic heterocycles. The Hall–Kier alpha value is -1.50. The van der Waals surface area contributed by atoms with Crippen molar-refractivity contribution in [3.63, 3.8) is 0 Å². The molecule has 88 valence electrons. The lowest BCUT2D eigenvalue weighted by atomic mass is 10.1. The lowest BCUT2D eigenvalue weighted by Crippen LogP contribution is -2.06. The van der Waals surface area contributed by atoms with Crippen molar-refractivity contribution in [1.29, 1.82) is 0 Å². The van der Waals surface area contributed by atoms with Crippen LogP contribution in [0.4, 0.5) is 8.28 Å². The Kier molecular flexibility index (Phi) is 3.58. The third-order valence-electron chi connectivity index (χ3n) is 1.87. The monoisotopic (exact) mass is 250 g/mol. The summed E-state index contributed by atoms with van der Waals surface area (Å²) in [5, 5.41) is 0. The summed E-state index contributed by atoms with van der Waals surface area (Å²) in [6, 6.07) is 2.43. The van der Waals surface area contributed by atoms with Gasteiger partial charge in [0.1, 0.15) is 10.7 Å². The lowest BCUT2D eigenvalue weighted by molar-refractivity contribution is -0.139. The molecule has 0 aliphatic rings. The van der Waals surface area contributed by atoms with Gasteiger partial charge in [0.25, 0.3) is 0 Å². The molecule has 0 radical (unpaired) electrons. The number of rotatable bonds is 3. The average molecular weight is 250 g/mol. The Balaban J connectivity index is 3.06. The molecular formula is C9H8F2O4S. The first-order valence-corrected chi connectivity index (χ1v) is 5.53. The first kappa shape index (κ1) is 12.6. The van der Waals surface area contributed by atoms with E-state index in [0.29, 0.717) is 6.07 Å². The summed E-state index contributed by atoms with van der Waals surface area (Å²) in [6.45, 7) is 0. The third-order valence-corrected chi connectivity index (χ3v) is 2.69. The fourth-order valence-electron chi connectivity index (χ4n) is 1.05. The largest absolute Gasteiger partial charge is 0.469 e. The zero-order valence-electron chi connectivity index (χ0n) is 8.24. The second-order valence-corrected chi connectivity index (χ2v) is 4.29. The van der Waals surface area contributed by atoms with E-state index in [1.54, 1.807) is 0 Å². The minimum absolute atomic E-state index is 0.0562. The van der Waals surface area contributed by atoms with Gasteiger partial charge < -0.3 is 4.74 Å². The highest BCUT2D eigenvalue weighted by atomic mass is 32.3. The second kappa shape index (κ2) is 4.56. The van der Waals surface area contributed by atoms with Crippen LogP contribution in [0.2, 0.25) is 0 Å². The van der Waals surface area contributed by atoms with E-state index in [1.807, 2.05) is 0 Å². The normalized spacial score (nSPS) is 11.2. The van der Waals surface area contributed by atoms with Gasteiger partial charge in [-0.3, -0.25) is 4.79 Å². The van der Waals surface area contributed by atoms with E-state index in [2.05, 4.69) is 4.74 Å². The maximum Gasteiger partial charge on any atom is 0.332 e. The summed E-state index contributed by atoms with van der Waals surface area (Å²) in [5.41, 5.74) is -0.0562. The summed E-state index contributed by atoms with van der Waals surface area (Å²) in [6.07, 6.45) is -0.338. The highest BCUT2D eigenvalue weighted by Gasteiger charge is 2.15. The molecule has 0 unspecified atom stereocenters. The summed E-state index contributed by atoms with van der Waals surface area (Å²) in [7, 11) is -3.79. The van der Waals surface area contributed by atoms with E-state index >= 15 is 0 Å². The molecule has 1 rings (SSSR count). The predicted molar refractivity (Wildman–Crippen MR) is 50.4 cm³/mol. The van der Waals surface area contributed by atoms with Gasteiger partial charge in [-0.15, -0.1) is 3.89 Å². The van der Waals surface area contributed by atoms with Gasteiger partial charge in [-0.05, 0) is 17.7 Å². The zero-order valence-corrected chi connectivity index (χ0v) is 9.05. The van der Waals surface area contributed by atoms with Crippen LogP contribution in [0.1, 0.15) is 5.56 Å². The summed E-state index contributed by atoms with van der Waals surface area (Å²) < 4.78 is 50.9. The van der Waals surface area contributed by atoms with Crippen molar-refractivity contribution in [2.75, 3.05) is 7.11 Å². The average Bonchev–Trinajstić information content (AvgIpc) is 2.19. The Morgan fingerprint density at radius 3 is 2.50 bits per heavy atom. The fourth-order valence-corrected chi connectivity index (χ4v) is 1.53. The van der Waals surface area contributed by atoms with Gasteiger partial charge in [0, 0.05) is 0 Å². The van der Waals surface area contributed by atoms with Crippen molar-refractivity contribution in [2.24, 2.45) is 0 Å². The summed E-state index contributed by atoms with van der Waals surface area (Å²) >= 11 is 0. The predicted octanol–water partition coefficient (Wildman–Crippen LogP) is 1.20. The Morgan fingerprint density at radius 2 is 2.06 bits per heavy atom. The van der Waals surface area contributed by atoms with Crippen molar-refractivity contribution in [2.45, 2.75) is 11.3 Å². The van der Waals surface area contributed by atoms with E-state index in [-0.39, 0.29) is 12.0 Å². The van der Waals surface area contributed by atoms with Crippen molar-refractivity contribution in [3.8, 4) is 0 Å². The van der Waals surface area contributed by atoms with Gasteiger partial charge in [-0.25, -0.2) is 4.39 Å². The molecule has 1 aromatic carbocycles. The maximum atomic E-state index is 13.2. The fraction of sp³-hybridized carbons (Fsp3) is 0.222. The molecule has 0 fully saturated rings. The zero-order chi connectivity index (χ0) is 12.3. The number of ether oxygens (including phenoxy) is 1. The minimum Gasteiger partial charge on any atom is -0.469 e. The second-order valence-electron chi connectivity index (χ2n) is 2.94. The van der Waals surface area contributed by atoms with Gasteiger partial charge in [0.05, 0.1) is 13.5 Å². The lowest BCUT2D eigenvalue weighted by Gasteiger charge is -2.02. The molecule has 0 saturated heterocycles. The van der Waals surface area contributed by atoms with Crippen molar-refractivity contribution in [1.82, 2.24) is 0 Å². The molecule has 0 aliphatic heterocycles. The molecule has 0 N–H and O–H groups in total. The molecule has 1 aromatic rings. The van der Waals surface area contributed by atoms with Gasteiger partial charge in [0.2, 0.25) is 0 Å². The topological polar surface area (TPSA) is 60.4 Å². The van der Waals surface area contributed by atoms with Crippen LogP contribution in [0, 0.1) is 5.82 Å². The standard InChI is InChI=1S/C9H8F2O4S/c1-15-9(12)4-6-2-3-7(5-8(6)10)16(11,13)14/h2-3,5H,4H2,1H3. The molecule has 0 heterocycles. The molecule has 0 bridgehead atoms. The van der Waals surface area contributed by atoms with Gasteiger partial charge in [-0.2, -0.15) is 8.42 Å². The summed E-state index contributed by atoms with van der Waals surface area (Å²) in [5.74, 6) is -1.64. The number of esters is 1. The molecule has 0 aliphatic carbocycles. The number of methoxy groups -OCH3 is 1. The molecule has 0 amide bonds. The van der Waals surface area contributed by atoms with Gasteiger partial charge in [-0.1, -0.05) is 6.07 Å². The molecule has 4 nitrogen and oxygen atoms in total. The van der Waals surface area contributed by atoms with E-state index < -0.39 is 26.9 Å². The Labute approximate surface area is 91.1 Å². The first-order chi connectivity index (χ1) is 7.34. The van der Waals surface area contributed by atoms with Crippen LogP contribution in [0.25, 0.3) is 0 Å². The van der Waals surface area contributed by atoms with E-state index in [4.69, 9.17) is 0 Å². The SMILES string of the molecule is COC(=O)Cc1ccc(S(=O)(=O)F)cc1F. The van der Waals surface area contributed by atoms with Crippen LogP contribution >= 0.6 is 0 Å². The molecule has 0 spiro atoms. The molecule has 0 atom stereocenters. The molecule has 0 saturated carbocycles. The van der Waals surface area contributed by atoms with Crippen LogP contribution in [0.5, 0.6) is 0 Å². The number of hydrogen-bond donors (Lipinski definition) is 0. The Morgan fingerprint density at radius 1 is 1.44 bits per heavy atom. The van der Waals surface area contributed by atoms with Crippen LogP contribution in [0.15, 0.2) is 23.1 Å². The number of benzene rings is 1. The van der Waals surface area contributed by atoms with Crippen molar-refractivity contribution < 1.29 is 26.2 Å². The van der Waals surface area contributed by atoms with Crippen LogP contribution < -0.4 is 0 Å². The number of carbonyl (C=O) groups is 1. The van der Waals surface area contributed by atoms with Gasteiger partial charge >= 0.3 is 16.2 Å². The molecule has 7 heteroatoms. The molecular weight excluding hydrogens is 242 g/mol. The van der Waals surface area contributed by atoms with Crippen molar-refractivity contribution in [3.05, 3.63) is 29.6 Å². The van der Waals surface area contributed by atoms with Gasteiger partial charge in [0.15, 0.2) is 0 Å². The van der Waals surface area contributed by atoms with E-state index in [1.165, 1.54) is 0 Å². The van der Waals surface area contributed by atoms with Crippen LogP contribution in [-0.4, -0.2) is 21.5 Å². The summed E-state index contributed by atoms with van der Waals surface area (Å²) in [4.78, 5) is 10.1. The van der Waals surface area contributed by atoms with Crippen molar-refractivity contribution >= 4 is 16.2 Å².